The topological polar surface area (TPSA) is 61.4 Å². The average molecular weight is 634 g/mol. The van der Waals surface area contributed by atoms with Gasteiger partial charge in [0.2, 0.25) is 0 Å². The van der Waals surface area contributed by atoms with Gasteiger partial charge in [0, 0.05) is 49.2 Å². The number of aryl methyl sites for hydroxylation is 1. The van der Waals surface area contributed by atoms with Crippen LogP contribution in [0.25, 0.3) is 0 Å². The number of benzene rings is 4. The Kier molecular flexibility index (Phi) is 9.98. The molecule has 1 fully saturated rings. The molecule has 0 unspecified atom stereocenters. The lowest BCUT2D eigenvalue weighted by Crippen LogP contribution is -2.47. The molecule has 0 aliphatic carbocycles. The van der Waals surface area contributed by atoms with Gasteiger partial charge in [-0.15, -0.1) is 0 Å². The van der Waals surface area contributed by atoms with Crippen molar-refractivity contribution >= 4 is 40.8 Å². The van der Waals surface area contributed by atoms with E-state index in [-0.39, 0.29) is 11.9 Å². The fraction of sp³-hybridized carbons (Fsp3) is 0.216. The summed E-state index contributed by atoms with van der Waals surface area (Å²) in [5.41, 5.74) is 6.47. The lowest BCUT2D eigenvalue weighted by Gasteiger charge is -2.37. The minimum Gasteiger partial charge on any atom is -0.368 e. The van der Waals surface area contributed by atoms with Crippen molar-refractivity contribution in [2.24, 2.45) is 0 Å². The van der Waals surface area contributed by atoms with Crippen LogP contribution in [-0.2, 0) is 12.2 Å². The van der Waals surface area contributed by atoms with Crippen molar-refractivity contribution in [1.82, 2.24) is 15.3 Å². The summed E-state index contributed by atoms with van der Waals surface area (Å²) in [6.07, 6.45) is 0.710. The van der Waals surface area contributed by atoms with Crippen molar-refractivity contribution in [3.63, 3.8) is 0 Å². The number of nitrogens with zero attached hydrogens (tertiary/aromatic N) is 4. The standard InChI is InChI=1S/C37H36ClN5OS/c1-27-11-8-9-18-33(27)42-19-21-43(22-20-42)35-25-34(38)40-37(41-35)45-26-29-14-10-17-31(23-29)36(44)39-32(30-15-6-3-7-16-30)24-28-12-4-2-5-13-28/h2-18,23,25,32H,19-22,24,26H2,1H3,(H,39,44)/t32-/m1/s1. The van der Waals surface area contributed by atoms with E-state index in [1.165, 1.54) is 28.6 Å². The van der Waals surface area contributed by atoms with Gasteiger partial charge in [0.25, 0.3) is 5.91 Å². The Balaban J connectivity index is 1.09. The minimum absolute atomic E-state index is 0.0993. The van der Waals surface area contributed by atoms with Crippen LogP contribution in [0.2, 0.25) is 5.15 Å². The van der Waals surface area contributed by atoms with Crippen LogP contribution in [0.5, 0.6) is 0 Å². The number of thioether (sulfide) groups is 1. The van der Waals surface area contributed by atoms with Crippen LogP contribution in [0.15, 0.2) is 120 Å². The highest BCUT2D eigenvalue weighted by Crippen LogP contribution is 2.27. The van der Waals surface area contributed by atoms with E-state index in [1.807, 2.05) is 66.7 Å². The van der Waals surface area contributed by atoms with E-state index in [0.717, 1.165) is 43.1 Å². The second-order valence-electron chi connectivity index (χ2n) is 11.2. The molecule has 6 nitrogen and oxygen atoms in total. The number of aromatic nitrogens is 2. The zero-order valence-corrected chi connectivity index (χ0v) is 26.8. The highest BCUT2D eigenvalue weighted by atomic mass is 35.5. The maximum atomic E-state index is 13.5. The Morgan fingerprint density at radius 3 is 2.22 bits per heavy atom. The number of piperazine rings is 1. The van der Waals surface area contributed by atoms with Crippen molar-refractivity contribution in [1.29, 1.82) is 0 Å². The van der Waals surface area contributed by atoms with E-state index in [0.29, 0.717) is 28.0 Å². The Labute approximate surface area is 274 Å². The zero-order valence-electron chi connectivity index (χ0n) is 25.3. The molecule has 4 aromatic carbocycles. The summed E-state index contributed by atoms with van der Waals surface area (Å²) in [6, 6.07) is 38.4. The Hall–Kier alpha value is -4.33. The molecule has 5 aromatic rings. The van der Waals surface area contributed by atoms with Crippen LogP contribution < -0.4 is 15.1 Å². The number of carbonyl (C=O) groups excluding carboxylic acids is 1. The maximum absolute atomic E-state index is 13.5. The van der Waals surface area contributed by atoms with E-state index < -0.39 is 0 Å². The maximum Gasteiger partial charge on any atom is 0.251 e. The first-order valence-corrected chi connectivity index (χ1v) is 16.6. The fourth-order valence-corrected chi connectivity index (χ4v) is 6.71. The Morgan fingerprint density at radius 1 is 0.800 bits per heavy atom. The lowest BCUT2D eigenvalue weighted by atomic mass is 9.98. The van der Waals surface area contributed by atoms with Gasteiger partial charge < -0.3 is 15.1 Å². The second kappa shape index (κ2) is 14.6. The van der Waals surface area contributed by atoms with Crippen LogP contribution in [-0.4, -0.2) is 42.1 Å². The highest BCUT2D eigenvalue weighted by molar-refractivity contribution is 7.98. The summed E-state index contributed by atoms with van der Waals surface area (Å²) >= 11 is 7.99. The molecular weight excluding hydrogens is 598 g/mol. The quantitative estimate of drug-likeness (QED) is 0.0963. The predicted octanol–water partition coefficient (Wildman–Crippen LogP) is 7.77. The molecule has 0 bridgehead atoms. The third-order valence-electron chi connectivity index (χ3n) is 8.07. The number of anilines is 2. The number of para-hydroxylation sites is 1. The molecule has 1 N–H and O–H groups in total. The van der Waals surface area contributed by atoms with Gasteiger partial charge in [0.1, 0.15) is 11.0 Å². The third kappa shape index (κ3) is 8.04. The minimum atomic E-state index is -0.143. The molecular formula is C37H36ClN5OS. The van der Waals surface area contributed by atoms with Crippen LogP contribution >= 0.6 is 23.4 Å². The van der Waals surface area contributed by atoms with Crippen molar-refractivity contribution < 1.29 is 4.79 Å². The summed E-state index contributed by atoms with van der Waals surface area (Å²) in [5, 5.41) is 4.33. The summed E-state index contributed by atoms with van der Waals surface area (Å²) in [5.74, 6) is 1.37. The molecule has 0 spiro atoms. The third-order valence-corrected chi connectivity index (χ3v) is 9.18. The molecule has 0 saturated carbocycles. The fourth-order valence-electron chi connectivity index (χ4n) is 5.69. The lowest BCUT2D eigenvalue weighted by molar-refractivity contribution is 0.0936. The van der Waals surface area contributed by atoms with E-state index in [2.05, 4.69) is 75.6 Å². The largest absolute Gasteiger partial charge is 0.368 e. The average Bonchev–Trinajstić information content (AvgIpc) is 3.08. The molecule has 8 heteroatoms. The van der Waals surface area contributed by atoms with Gasteiger partial charge in [-0.3, -0.25) is 4.79 Å². The van der Waals surface area contributed by atoms with Crippen LogP contribution in [0.3, 0.4) is 0 Å². The molecule has 1 saturated heterocycles. The molecule has 228 valence electrons. The van der Waals surface area contributed by atoms with Gasteiger partial charge in [-0.25, -0.2) is 9.97 Å². The SMILES string of the molecule is Cc1ccccc1N1CCN(c2cc(Cl)nc(SCc3cccc(C(=O)N[C@H](Cc4ccccc4)c4ccccc4)c3)n2)CC1. The van der Waals surface area contributed by atoms with Gasteiger partial charge in [-0.2, -0.15) is 0 Å². The van der Waals surface area contributed by atoms with Crippen molar-refractivity contribution in [3.8, 4) is 0 Å². The van der Waals surface area contributed by atoms with Gasteiger partial charge in [0.15, 0.2) is 5.16 Å². The monoisotopic (exact) mass is 633 g/mol. The van der Waals surface area contributed by atoms with Crippen LogP contribution in [0, 0.1) is 6.92 Å². The molecule has 6 rings (SSSR count). The number of nitrogens with one attached hydrogen (secondary N) is 1. The molecule has 0 radical (unpaired) electrons. The molecule has 1 aromatic heterocycles. The number of rotatable bonds is 10. The van der Waals surface area contributed by atoms with Crippen LogP contribution in [0.4, 0.5) is 11.5 Å². The van der Waals surface area contributed by atoms with E-state index >= 15 is 0 Å². The number of hydrogen-bond acceptors (Lipinski definition) is 6. The number of amides is 1. The van der Waals surface area contributed by atoms with Gasteiger partial charge in [0.05, 0.1) is 6.04 Å². The summed E-state index contributed by atoms with van der Waals surface area (Å²) in [7, 11) is 0. The summed E-state index contributed by atoms with van der Waals surface area (Å²) in [6.45, 7) is 5.71. The first-order chi connectivity index (χ1) is 22.0. The van der Waals surface area contributed by atoms with Crippen molar-refractivity contribution in [2.75, 3.05) is 36.0 Å². The van der Waals surface area contributed by atoms with Gasteiger partial charge in [-0.05, 0) is 53.8 Å². The van der Waals surface area contributed by atoms with Crippen LogP contribution in [0.1, 0.15) is 38.7 Å². The number of halogens is 1. The van der Waals surface area contributed by atoms with E-state index in [4.69, 9.17) is 16.6 Å². The normalized spacial score (nSPS) is 13.8. The summed E-state index contributed by atoms with van der Waals surface area (Å²) < 4.78 is 0. The number of carbonyl (C=O) groups is 1. The predicted molar refractivity (Wildman–Crippen MR) is 185 cm³/mol. The van der Waals surface area contributed by atoms with E-state index in [1.54, 1.807) is 0 Å². The molecule has 1 atom stereocenters. The molecule has 2 heterocycles. The van der Waals surface area contributed by atoms with Gasteiger partial charge in [-0.1, -0.05) is 114 Å². The Bertz CT molecular complexity index is 1730. The summed E-state index contributed by atoms with van der Waals surface area (Å²) in [4.78, 5) is 27.5. The van der Waals surface area contributed by atoms with Crippen molar-refractivity contribution in [3.05, 3.63) is 148 Å². The second-order valence-corrected chi connectivity index (χ2v) is 12.5. The first-order valence-electron chi connectivity index (χ1n) is 15.2. The highest BCUT2D eigenvalue weighted by Gasteiger charge is 2.21. The molecule has 1 aliphatic rings. The smallest absolute Gasteiger partial charge is 0.251 e. The first kappa shape index (κ1) is 30.7. The zero-order chi connectivity index (χ0) is 31.0. The molecule has 45 heavy (non-hydrogen) atoms. The van der Waals surface area contributed by atoms with Crippen molar-refractivity contribution in [2.45, 2.75) is 30.3 Å². The Morgan fingerprint density at radius 2 is 1.47 bits per heavy atom. The molecule has 1 amide bonds. The van der Waals surface area contributed by atoms with E-state index in [9.17, 15) is 4.79 Å². The van der Waals surface area contributed by atoms with Gasteiger partial charge >= 0.3 is 0 Å². The molecule has 1 aliphatic heterocycles. The number of hydrogen-bond donors (Lipinski definition) is 1.